The molecule has 0 aromatic rings. The summed E-state index contributed by atoms with van der Waals surface area (Å²) in [6, 6.07) is 0. The van der Waals surface area contributed by atoms with Crippen molar-refractivity contribution in [2.45, 2.75) is 43.7 Å². The van der Waals surface area contributed by atoms with Gasteiger partial charge in [-0.05, 0) is 32.1 Å². The molecule has 0 unspecified atom stereocenters. The summed E-state index contributed by atoms with van der Waals surface area (Å²) in [4.78, 5) is 2.52. The van der Waals surface area contributed by atoms with Crippen molar-refractivity contribution >= 4 is 0 Å². The lowest BCUT2D eigenvalue weighted by molar-refractivity contribution is -0.0179. The van der Waals surface area contributed by atoms with Crippen LogP contribution in [0.1, 0.15) is 32.1 Å². The first-order chi connectivity index (χ1) is 9.72. The van der Waals surface area contributed by atoms with E-state index in [0.29, 0.717) is 12.6 Å². The molecule has 5 nitrogen and oxygen atoms in total. The molecule has 1 aliphatic carbocycles. The third kappa shape index (κ3) is 4.97. The average molecular weight is 288 g/mol. The zero-order valence-corrected chi connectivity index (χ0v) is 13.4. The van der Waals surface area contributed by atoms with Crippen molar-refractivity contribution in [3.05, 3.63) is 0 Å². The second-order valence-electron chi connectivity index (χ2n) is 5.69. The second-order valence-corrected chi connectivity index (χ2v) is 5.69. The van der Waals surface area contributed by atoms with Gasteiger partial charge in [0.15, 0.2) is 0 Å². The zero-order chi connectivity index (χ0) is 14.8. The summed E-state index contributed by atoms with van der Waals surface area (Å²) in [6.07, 6.45) is 5.86. The van der Waals surface area contributed by atoms with Crippen LogP contribution in [-0.2, 0) is 14.2 Å². The molecule has 1 rings (SSSR count). The predicted octanol–water partition coefficient (Wildman–Crippen LogP) is 1.26. The van der Waals surface area contributed by atoms with E-state index in [2.05, 4.69) is 4.90 Å². The first-order valence-electron chi connectivity index (χ1n) is 7.68. The van der Waals surface area contributed by atoms with Crippen molar-refractivity contribution in [3.63, 3.8) is 0 Å². The Labute approximate surface area is 123 Å². The molecular formula is C15H32N2O3. The lowest BCUT2D eigenvalue weighted by Gasteiger charge is -2.47. The number of nitrogens with two attached hydrogens (primary N) is 1. The number of hydrogen-bond acceptors (Lipinski definition) is 5. The molecule has 0 saturated heterocycles. The summed E-state index contributed by atoms with van der Waals surface area (Å²) in [5.41, 5.74) is 6.26. The maximum atomic E-state index is 6.15. The minimum absolute atomic E-state index is 0.112. The van der Waals surface area contributed by atoms with E-state index in [-0.39, 0.29) is 5.54 Å². The monoisotopic (exact) mass is 288 g/mol. The van der Waals surface area contributed by atoms with Gasteiger partial charge in [-0.15, -0.1) is 0 Å². The third-order valence-electron chi connectivity index (χ3n) is 4.59. The van der Waals surface area contributed by atoms with Crippen LogP contribution < -0.4 is 5.73 Å². The molecule has 20 heavy (non-hydrogen) atoms. The van der Waals surface area contributed by atoms with Gasteiger partial charge in [0.25, 0.3) is 0 Å². The van der Waals surface area contributed by atoms with Crippen molar-refractivity contribution in [2.24, 2.45) is 5.73 Å². The van der Waals surface area contributed by atoms with Crippen LogP contribution in [0.25, 0.3) is 0 Å². The molecule has 1 saturated carbocycles. The van der Waals surface area contributed by atoms with Crippen LogP contribution in [0.15, 0.2) is 0 Å². The molecule has 120 valence electrons. The fourth-order valence-corrected chi connectivity index (χ4v) is 3.20. The Morgan fingerprint density at radius 3 is 2.20 bits per heavy atom. The highest BCUT2D eigenvalue weighted by molar-refractivity contribution is 4.96. The fraction of sp³-hybridized carbons (Fsp3) is 1.00. The average Bonchev–Trinajstić information content (AvgIpc) is 2.51. The Morgan fingerprint density at radius 1 is 1.05 bits per heavy atom. The SMILES string of the molecule is COCCCN(CCOC)C1(CN)CCC(OC)CC1. The van der Waals surface area contributed by atoms with Crippen LogP contribution in [0.2, 0.25) is 0 Å². The van der Waals surface area contributed by atoms with Gasteiger partial charge in [0.05, 0.1) is 12.7 Å². The van der Waals surface area contributed by atoms with Crippen molar-refractivity contribution < 1.29 is 14.2 Å². The Hall–Kier alpha value is -0.200. The van der Waals surface area contributed by atoms with E-state index in [4.69, 9.17) is 19.9 Å². The summed E-state index contributed by atoms with van der Waals surface area (Å²) in [5, 5.41) is 0. The van der Waals surface area contributed by atoms with Crippen molar-refractivity contribution in [1.82, 2.24) is 4.90 Å². The Morgan fingerprint density at radius 2 is 1.70 bits per heavy atom. The summed E-state index contributed by atoms with van der Waals surface area (Å²) in [7, 11) is 5.31. The zero-order valence-electron chi connectivity index (χ0n) is 13.4. The molecule has 0 spiro atoms. The molecule has 0 heterocycles. The molecule has 2 N–H and O–H groups in total. The van der Waals surface area contributed by atoms with Gasteiger partial charge in [-0.25, -0.2) is 0 Å². The van der Waals surface area contributed by atoms with Gasteiger partial charge < -0.3 is 19.9 Å². The largest absolute Gasteiger partial charge is 0.385 e. The highest BCUT2D eigenvalue weighted by Gasteiger charge is 2.38. The Bertz CT molecular complexity index is 243. The van der Waals surface area contributed by atoms with Crippen LogP contribution in [-0.4, -0.2) is 70.7 Å². The first kappa shape index (κ1) is 17.9. The Balaban J connectivity index is 2.63. The summed E-state index contributed by atoms with van der Waals surface area (Å²) in [5.74, 6) is 0. The summed E-state index contributed by atoms with van der Waals surface area (Å²) < 4.78 is 15.9. The van der Waals surface area contributed by atoms with E-state index >= 15 is 0 Å². The molecule has 1 aliphatic rings. The third-order valence-corrected chi connectivity index (χ3v) is 4.59. The van der Waals surface area contributed by atoms with E-state index in [0.717, 1.165) is 58.4 Å². The van der Waals surface area contributed by atoms with Crippen LogP contribution in [0.5, 0.6) is 0 Å². The molecule has 0 atom stereocenters. The minimum Gasteiger partial charge on any atom is -0.385 e. The lowest BCUT2D eigenvalue weighted by atomic mass is 9.78. The summed E-state index contributed by atoms with van der Waals surface area (Å²) in [6.45, 7) is 4.22. The normalized spacial score (nSPS) is 27.1. The van der Waals surface area contributed by atoms with Crippen LogP contribution in [0, 0.1) is 0 Å². The maximum absolute atomic E-state index is 6.15. The van der Waals surface area contributed by atoms with E-state index in [1.165, 1.54) is 0 Å². The van der Waals surface area contributed by atoms with Gasteiger partial charge >= 0.3 is 0 Å². The minimum atomic E-state index is 0.112. The number of rotatable bonds is 10. The predicted molar refractivity (Wildman–Crippen MR) is 81.0 cm³/mol. The lowest BCUT2D eigenvalue weighted by Crippen LogP contribution is -2.57. The maximum Gasteiger partial charge on any atom is 0.0589 e. The van der Waals surface area contributed by atoms with Gasteiger partial charge in [0.1, 0.15) is 0 Å². The van der Waals surface area contributed by atoms with E-state index in [1.807, 2.05) is 0 Å². The van der Waals surface area contributed by atoms with E-state index in [9.17, 15) is 0 Å². The quantitative estimate of drug-likeness (QED) is 0.613. The standard InChI is InChI=1S/C15H32N2O3/c1-18-11-4-9-17(10-12-19-2)15(13-16)7-5-14(20-3)6-8-15/h14H,4-13,16H2,1-3H3. The molecule has 0 radical (unpaired) electrons. The van der Waals surface area contributed by atoms with Gasteiger partial charge in [-0.3, -0.25) is 4.90 Å². The van der Waals surface area contributed by atoms with Crippen LogP contribution in [0.3, 0.4) is 0 Å². The molecule has 1 fully saturated rings. The van der Waals surface area contributed by atoms with Gasteiger partial charge in [0.2, 0.25) is 0 Å². The molecular weight excluding hydrogens is 256 g/mol. The van der Waals surface area contributed by atoms with Crippen molar-refractivity contribution in [3.8, 4) is 0 Å². The van der Waals surface area contributed by atoms with Crippen molar-refractivity contribution in [1.29, 1.82) is 0 Å². The highest BCUT2D eigenvalue weighted by Crippen LogP contribution is 2.34. The highest BCUT2D eigenvalue weighted by atomic mass is 16.5. The smallest absolute Gasteiger partial charge is 0.0589 e. The van der Waals surface area contributed by atoms with E-state index in [1.54, 1.807) is 21.3 Å². The molecule has 0 amide bonds. The number of nitrogens with zero attached hydrogens (tertiary/aromatic N) is 1. The molecule has 0 aromatic heterocycles. The number of ether oxygens (including phenoxy) is 3. The van der Waals surface area contributed by atoms with E-state index < -0.39 is 0 Å². The van der Waals surface area contributed by atoms with Crippen LogP contribution in [0.4, 0.5) is 0 Å². The van der Waals surface area contributed by atoms with Gasteiger partial charge in [-0.1, -0.05) is 0 Å². The molecule has 5 heteroatoms. The van der Waals surface area contributed by atoms with Crippen LogP contribution >= 0.6 is 0 Å². The Kier molecular flexibility index (Phi) is 8.64. The first-order valence-corrected chi connectivity index (χ1v) is 7.68. The molecule has 0 bridgehead atoms. The number of methoxy groups -OCH3 is 3. The number of hydrogen-bond donors (Lipinski definition) is 1. The molecule has 0 aromatic carbocycles. The van der Waals surface area contributed by atoms with Gasteiger partial charge in [-0.2, -0.15) is 0 Å². The molecule has 0 aliphatic heterocycles. The fourth-order valence-electron chi connectivity index (χ4n) is 3.20. The van der Waals surface area contributed by atoms with Crippen molar-refractivity contribution in [2.75, 3.05) is 54.2 Å². The second kappa shape index (κ2) is 9.68. The van der Waals surface area contributed by atoms with Gasteiger partial charge in [0, 0.05) is 53.1 Å². The topological polar surface area (TPSA) is 57.0 Å². The summed E-state index contributed by atoms with van der Waals surface area (Å²) >= 11 is 0.